The maximum absolute atomic E-state index is 5.64. The summed E-state index contributed by atoms with van der Waals surface area (Å²) in [5, 5.41) is 3.86. The van der Waals surface area contributed by atoms with E-state index in [0.717, 1.165) is 18.9 Å². The molecular formula is C9H13NOS2. The Hall–Kier alpha value is -0.190. The third-order valence-electron chi connectivity index (χ3n) is 2.01. The van der Waals surface area contributed by atoms with Crippen molar-refractivity contribution in [3.8, 4) is 5.75 Å². The Morgan fingerprint density at radius 2 is 2.54 bits per heavy atom. The monoisotopic (exact) mass is 215 g/mol. The van der Waals surface area contributed by atoms with Gasteiger partial charge in [-0.25, -0.2) is 0 Å². The van der Waals surface area contributed by atoms with Crippen molar-refractivity contribution in [3.05, 3.63) is 15.8 Å². The van der Waals surface area contributed by atoms with Crippen LogP contribution in [0.2, 0.25) is 0 Å². The smallest absolute Gasteiger partial charge is 0.136 e. The summed E-state index contributed by atoms with van der Waals surface area (Å²) in [6.45, 7) is 3.84. The lowest BCUT2D eigenvalue weighted by atomic mass is 10.4. The van der Waals surface area contributed by atoms with E-state index in [0.29, 0.717) is 5.37 Å². The molecule has 0 amide bonds. The number of nitrogens with one attached hydrogen (secondary N) is 1. The summed E-state index contributed by atoms with van der Waals surface area (Å²) in [5.41, 5.74) is 0. The van der Waals surface area contributed by atoms with E-state index < -0.39 is 0 Å². The third kappa shape index (κ3) is 1.85. The summed E-state index contributed by atoms with van der Waals surface area (Å²) >= 11 is 3.66. The average molecular weight is 215 g/mol. The quantitative estimate of drug-likeness (QED) is 0.777. The van der Waals surface area contributed by atoms with Gasteiger partial charge in [-0.15, -0.1) is 23.1 Å². The second kappa shape index (κ2) is 3.90. The summed E-state index contributed by atoms with van der Waals surface area (Å²) < 4.78 is 5.64. The van der Waals surface area contributed by atoms with Crippen LogP contribution in [0.4, 0.5) is 0 Å². The van der Waals surface area contributed by atoms with Crippen molar-refractivity contribution in [1.82, 2.24) is 5.32 Å². The van der Waals surface area contributed by atoms with Gasteiger partial charge in [-0.05, 0) is 19.2 Å². The van der Waals surface area contributed by atoms with Crippen LogP contribution in [0, 0.1) is 6.92 Å². The molecule has 1 aliphatic heterocycles. The molecule has 1 aliphatic rings. The van der Waals surface area contributed by atoms with E-state index >= 15 is 0 Å². The zero-order valence-electron chi connectivity index (χ0n) is 7.79. The molecular weight excluding hydrogens is 202 g/mol. The SMILES string of the molecule is CSC1NCCOc2cc(C)sc21. The van der Waals surface area contributed by atoms with Crippen molar-refractivity contribution in [2.75, 3.05) is 19.4 Å². The summed E-state index contributed by atoms with van der Waals surface area (Å²) in [4.78, 5) is 2.66. The van der Waals surface area contributed by atoms with E-state index in [9.17, 15) is 0 Å². The number of thioether (sulfide) groups is 1. The number of thiophene rings is 1. The highest BCUT2D eigenvalue weighted by molar-refractivity contribution is 7.98. The number of aryl methyl sites for hydroxylation is 1. The van der Waals surface area contributed by atoms with Gasteiger partial charge in [0.15, 0.2) is 0 Å². The van der Waals surface area contributed by atoms with Gasteiger partial charge in [-0.1, -0.05) is 0 Å². The Kier molecular flexibility index (Phi) is 2.81. The molecule has 1 aromatic rings. The maximum Gasteiger partial charge on any atom is 0.136 e. The number of hydrogen-bond donors (Lipinski definition) is 1. The lowest BCUT2D eigenvalue weighted by molar-refractivity contribution is 0.326. The molecule has 1 N–H and O–H groups in total. The molecule has 13 heavy (non-hydrogen) atoms. The van der Waals surface area contributed by atoms with Gasteiger partial charge in [0, 0.05) is 11.4 Å². The molecule has 1 unspecified atom stereocenters. The first-order valence-corrected chi connectivity index (χ1v) is 6.41. The fourth-order valence-corrected chi connectivity index (χ4v) is 3.41. The van der Waals surface area contributed by atoms with Crippen molar-refractivity contribution >= 4 is 23.1 Å². The Bertz CT molecular complexity index is 298. The Morgan fingerprint density at radius 3 is 3.31 bits per heavy atom. The minimum absolute atomic E-state index is 0.413. The van der Waals surface area contributed by atoms with Crippen molar-refractivity contribution in [2.24, 2.45) is 0 Å². The summed E-state index contributed by atoms with van der Waals surface area (Å²) in [6.07, 6.45) is 2.13. The van der Waals surface area contributed by atoms with Crippen LogP contribution in [-0.2, 0) is 0 Å². The average Bonchev–Trinajstić information content (AvgIpc) is 2.37. The van der Waals surface area contributed by atoms with Gasteiger partial charge in [-0.3, -0.25) is 5.32 Å². The topological polar surface area (TPSA) is 21.3 Å². The first kappa shape index (κ1) is 9.37. The molecule has 1 atom stereocenters. The van der Waals surface area contributed by atoms with Gasteiger partial charge in [0.05, 0.1) is 10.3 Å². The van der Waals surface area contributed by atoms with Gasteiger partial charge in [0.1, 0.15) is 12.4 Å². The minimum atomic E-state index is 0.413. The molecule has 1 aromatic heterocycles. The van der Waals surface area contributed by atoms with Crippen LogP contribution < -0.4 is 10.1 Å². The number of hydrogen-bond acceptors (Lipinski definition) is 4. The molecule has 0 spiro atoms. The molecule has 72 valence electrons. The normalized spacial score (nSPS) is 21.8. The summed E-state index contributed by atoms with van der Waals surface area (Å²) in [7, 11) is 0. The predicted molar refractivity (Wildman–Crippen MR) is 58.8 cm³/mol. The van der Waals surface area contributed by atoms with Crippen LogP contribution in [0.1, 0.15) is 15.1 Å². The van der Waals surface area contributed by atoms with Crippen LogP contribution in [0.25, 0.3) is 0 Å². The van der Waals surface area contributed by atoms with Crippen LogP contribution >= 0.6 is 23.1 Å². The maximum atomic E-state index is 5.64. The largest absolute Gasteiger partial charge is 0.491 e. The predicted octanol–water partition coefficient (Wildman–Crippen LogP) is 2.40. The minimum Gasteiger partial charge on any atom is -0.491 e. The Labute approximate surface area is 86.7 Å². The molecule has 0 saturated carbocycles. The molecule has 0 radical (unpaired) electrons. The number of rotatable bonds is 1. The van der Waals surface area contributed by atoms with Crippen LogP contribution in [0.5, 0.6) is 5.75 Å². The van der Waals surface area contributed by atoms with Crippen LogP contribution in [-0.4, -0.2) is 19.4 Å². The van der Waals surface area contributed by atoms with E-state index in [2.05, 4.69) is 24.6 Å². The molecule has 0 bridgehead atoms. The molecule has 2 rings (SSSR count). The standard InChI is InChI=1S/C9H13NOS2/c1-6-5-7-8(13-6)9(12-2)10-3-4-11-7/h5,9-10H,3-4H2,1-2H3. The van der Waals surface area contributed by atoms with Gasteiger partial charge >= 0.3 is 0 Å². The zero-order chi connectivity index (χ0) is 9.26. The fraction of sp³-hybridized carbons (Fsp3) is 0.556. The van der Waals surface area contributed by atoms with E-state index in [-0.39, 0.29) is 0 Å². The molecule has 0 saturated heterocycles. The lowest BCUT2D eigenvalue weighted by Gasteiger charge is -2.10. The van der Waals surface area contributed by atoms with E-state index in [1.54, 1.807) is 0 Å². The second-order valence-corrected chi connectivity index (χ2v) is 5.23. The molecule has 0 aromatic carbocycles. The van der Waals surface area contributed by atoms with E-state index in [4.69, 9.17) is 4.74 Å². The fourth-order valence-electron chi connectivity index (χ4n) is 1.44. The Morgan fingerprint density at radius 1 is 1.69 bits per heavy atom. The first-order valence-electron chi connectivity index (χ1n) is 4.30. The van der Waals surface area contributed by atoms with Crippen LogP contribution in [0.15, 0.2) is 6.07 Å². The molecule has 0 aliphatic carbocycles. The Balaban J connectivity index is 2.34. The summed E-state index contributed by atoms with van der Waals surface area (Å²) in [5.74, 6) is 1.08. The van der Waals surface area contributed by atoms with Crippen molar-refractivity contribution in [1.29, 1.82) is 0 Å². The third-order valence-corrected chi connectivity index (χ3v) is 4.13. The summed E-state index contributed by atoms with van der Waals surface area (Å²) in [6, 6.07) is 2.14. The van der Waals surface area contributed by atoms with Crippen molar-refractivity contribution in [3.63, 3.8) is 0 Å². The highest BCUT2D eigenvalue weighted by Gasteiger charge is 2.20. The van der Waals surface area contributed by atoms with Crippen molar-refractivity contribution in [2.45, 2.75) is 12.3 Å². The molecule has 4 heteroatoms. The second-order valence-electron chi connectivity index (χ2n) is 3.00. The van der Waals surface area contributed by atoms with Gasteiger partial charge < -0.3 is 4.74 Å². The van der Waals surface area contributed by atoms with Gasteiger partial charge in [-0.2, -0.15) is 0 Å². The van der Waals surface area contributed by atoms with Gasteiger partial charge in [0.2, 0.25) is 0 Å². The molecule has 2 heterocycles. The van der Waals surface area contributed by atoms with E-state index in [1.165, 1.54) is 9.75 Å². The zero-order valence-corrected chi connectivity index (χ0v) is 9.43. The number of ether oxygens (including phenoxy) is 1. The highest BCUT2D eigenvalue weighted by Crippen LogP contribution is 2.39. The van der Waals surface area contributed by atoms with Gasteiger partial charge in [0.25, 0.3) is 0 Å². The van der Waals surface area contributed by atoms with Crippen LogP contribution in [0.3, 0.4) is 0 Å². The molecule has 0 fully saturated rings. The van der Waals surface area contributed by atoms with Crippen molar-refractivity contribution < 1.29 is 4.74 Å². The molecule has 2 nitrogen and oxygen atoms in total. The lowest BCUT2D eigenvalue weighted by Crippen LogP contribution is -2.20. The highest BCUT2D eigenvalue weighted by atomic mass is 32.2. The first-order chi connectivity index (χ1) is 6.31. The van der Waals surface area contributed by atoms with E-state index in [1.807, 2.05) is 23.1 Å². The number of fused-ring (bicyclic) bond motifs is 1.